The van der Waals surface area contributed by atoms with Crippen LogP contribution in [0.15, 0.2) is 131 Å². The average molecular weight is 486 g/mol. The van der Waals surface area contributed by atoms with E-state index in [4.69, 9.17) is 21.6 Å². The highest BCUT2D eigenvalue weighted by Gasteiger charge is 2.27. The van der Waals surface area contributed by atoms with Gasteiger partial charge in [-0.15, -0.1) is 0 Å². The Balaban J connectivity index is 1.42. The van der Waals surface area contributed by atoms with Crippen LogP contribution in [0.25, 0.3) is 33.0 Å². The smallest absolute Gasteiger partial charge is 0.222 e. The molecular formula is C32H24ClN3. The standard InChI is InChI=1S/C32H24ClN3/c1-36-30(25-18-16-24(17-19-25)22-10-4-2-5-11-22)34-32(33)35-31(36)29-21-27(23-12-6-3-7-13-23)20-26-14-8-9-15-28(26)29/h2-21,30H,1H3. The molecule has 174 valence electrons. The molecule has 4 heteroatoms. The van der Waals surface area contributed by atoms with Crippen molar-refractivity contribution in [3.63, 3.8) is 0 Å². The fourth-order valence-corrected chi connectivity index (χ4v) is 4.99. The fraction of sp³-hybridized carbons (Fsp3) is 0.0625. The van der Waals surface area contributed by atoms with Crippen LogP contribution in [-0.4, -0.2) is 23.1 Å². The molecule has 36 heavy (non-hydrogen) atoms. The molecule has 0 aromatic heterocycles. The summed E-state index contributed by atoms with van der Waals surface area (Å²) in [6.07, 6.45) is -0.269. The van der Waals surface area contributed by atoms with Crippen LogP contribution in [0.4, 0.5) is 0 Å². The first kappa shape index (κ1) is 22.3. The lowest BCUT2D eigenvalue weighted by Crippen LogP contribution is -2.34. The molecule has 5 aromatic carbocycles. The Morgan fingerprint density at radius 1 is 0.639 bits per heavy atom. The van der Waals surface area contributed by atoms with Crippen LogP contribution >= 0.6 is 11.6 Å². The lowest BCUT2D eigenvalue weighted by molar-refractivity contribution is 0.384. The first-order valence-electron chi connectivity index (χ1n) is 12.0. The first-order valence-corrected chi connectivity index (χ1v) is 12.3. The largest absolute Gasteiger partial charge is 0.333 e. The van der Waals surface area contributed by atoms with E-state index in [2.05, 4.69) is 114 Å². The van der Waals surface area contributed by atoms with Gasteiger partial charge < -0.3 is 4.90 Å². The molecule has 1 heterocycles. The summed E-state index contributed by atoms with van der Waals surface area (Å²) in [7, 11) is 2.03. The van der Waals surface area contributed by atoms with E-state index in [9.17, 15) is 0 Å². The summed E-state index contributed by atoms with van der Waals surface area (Å²) in [6, 6.07) is 42.2. The molecule has 1 unspecified atom stereocenters. The summed E-state index contributed by atoms with van der Waals surface area (Å²) >= 11 is 6.54. The van der Waals surface area contributed by atoms with Gasteiger partial charge in [-0.25, -0.2) is 9.98 Å². The van der Waals surface area contributed by atoms with Crippen molar-refractivity contribution >= 4 is 33.5 Å². The van der Waals surface area contributed by atoms with Gasteiger partial charge in [0.25, 0.3) is 0 Å². The summed E-state index contributed by atoms with van der Waals surface area (Å²) in [5.41, 5.74) is 6.76. The Bertz CT molecular complexity index is 1590. The van der Waals surface area contributed by atoms with Crippen LogP contribution in [0, 0.1) is 0 Å². The van der Waals surface area contributed by atoms with Gasteiger partial charge in [0.15, 0.2) is 6.17 Å². The molecular weight excluding hydrogens is 462 g/mol. The van der Waals surface area contributed by atoms with E-state index >= 15 is 0 Å². The second-order valence-electron chi connectivity index (χ2n) is 8.92. The second-order valence-corrected chi connectivity index (χ2v) is 9.26. The number of halogens is 1. The number of benzene rings is 5. The maximum Gasteiger partial charge on any atom is 0.222 e. The van der Waals surface area contributed by atoms with Crippen LogP contribution in [0.2, 0.25) is 0 Å². The van der Waals surface area contributed by atoms with E-state index in [1.807, 2.05) is 19.2 Å². The zero-order chi connectivity index (χ0) is 24.5. The van der Waals surface area contributed by atoms with Crippen LogP contribution in [-0.2, 0) is 0 Å². The molecule has 0 bridgehead atoms. The van der Waals surface area contributed by atoms with Crippen molar-refractivity contribution in [1.82, 2.24) is 4.90 Å². The van der Waals surface area contributed by atoms with Crippen molar-refractivity contribution in [3.05, 3.63) is 132 Å². The van der Waals surface area contributed by atoms with Crippen LogP contribution in [0.1, 0.15) is 17.3 Å². The second kappa shape index (κ2) is 9.44. The Morgan fingerprint density at radius 3 is 1.92 bits per heavy atom. The molecule has 0 saturated heterocycles. The minimum atomic E-state index is -0.269. The zero-order valence-electron chi connectivity index (χ0n) is 19.8. The highest BCUT2D eigenvalue weighted by atomic mass is 35.5. The van der Waals surface area contributed by atoms with Gasteiger partial charge in [-0.2, -0.15) is 0 Å². The summed E-state index contributed by atoms with van der Waals surface area (Å²) < 4.78 is 0. The minimum absolute atomic E-state index is 0.259. The van der Waals surface area contributed by atoms with E-state index in [1.54, 1.807) is 0 Å². The predicted molar refractivity (Wildman–Crippen MR) is 152 cm³/mol. The Kier molecular flexibility index (Phi) is 5.84. The third-order valence-corrected chi connectivity index (χ3v) is 6.84. The van der Waals surface area contributed by atoms with Crippen LogP contribution < -0.4 is 0 Å². The fourth-order valence-electron chi connectivity index (χ4n) is 4.82. The van der Waals surface area contributed by atoms with E-state index in [1.165, 1.54) is 11.1 Å². The quantitative estimate of drug-likeness (QED) is 0.236. The Morgan fingerprint density at radius 2 is 1.22 bits per heavy atom. The first-order chi connectivity index (χ1) is 17.7. The molecule has 0 radical (unpaired) electrons. The summed E-state index contributed by atoms with van der Waals surface area (Å²) in [6.45, 7) is 0. The van der Waals surface area contributed by atoms with Gasteiger partial charge in [0.1, 0.15) is 5.84 Å². The minimum Gasteiger partial charge on any atom is -0.333 e. The zero-order valence-corrected chi connectivity index (χ0v) is 20.6. The number of rotatable bonds is 4. The van der Waals surface area contributed by atoms with Gasteiger partial charge in [0.2, 0.25) is 5.29 Å². The van der Waals surface area contributed by atoms with Gasteiger partial charge in [0.05, 0.1) is 0 Å². The molecule has 0 fully saturated rings. The molecule has 0 saturated carbocycles. The third-order valence-electron chi connectivity index (χ3n) is 6.65. The van der Waals surface area contributed by atoms with Crippen LogP contribution in [0.3, 0.4) is 0 Å². The van der Waals surface area contributed by atoms with Crippen molar-refractivity contribution < 1.29 is 0 Å². The molecule has 5 aromatic rings. The van der Waals surface area contributed by atoms with Gasteiger partial charge >= 0.3 is 0 Å². The van der Waals surface area contributed by atoms with Crippen molar-refractivity contribution in [2.45, 2.75) is 6.17 Å². The van der Waals surface area contributed by atoms with Gasteiger partial charge in [-0.05, 0) is 62.3 Å². The molecule has 1 aliphatic rings. The maximum atomic E-state index is 6.54. The molecule has 0 N–H and O–H groups in total. The third kappa shape index (κ3) is 4.19. The van der Waals surface area contributed by atoms with E-state index in [0.29, 0.717) is 0 Å². The molecule has 1 aliphatic heterocycles. The number of hydrogen-bond donors (Lipinski definition) is 0. The SMILES string of the molecule is CN1C(c2cc(-c3ccccc3)cc3ccccc23)=NC(Cl)=NC1c1ccc(-c2ccccc2)cc1. The summed E-state index contributed by atoms with van der Waals surface area (Å²) in [4.78, 5) is 11.5. The highest BCUT2D eigenvalue weighted by molar-refractivity contribution is 6.66. The lowest BCUT2D eigenvalue weighted by atomic mass is 9.95. The Labute approximate surface area is 216 Å². The number of amidine groups is 2. The number of aliphatic imine (C=N–C) groups is 2. The monoisotopic (exact) mass is 485 g/mol. The maximum absolute atomic E-state index is 6.54. The number of nitrogens with zero attached hydrogens (tertiary/aromatic N) is 3. The normalized spacial score (nSPS) is 15.5. The van der Waals surface area contributed by atoms with Crippen LogP contribution in [0.5, 0.6) is 0 Å². The van der Waals surface area contributed by atoms with E-state index in [0.717, 1.165) is 38.9 Å². The average Bonchev–Trinajstić information content (AvgIpc) is 2.94. The van der Waals surface area contributed by atoms with E-state index < -0.39 is 0 Å². The Hall–Kier alpha value is -4.21. The van der Waals surface area contributed by atoms with Gasteiger partial charge in [-0.1, -0.05) is 109 Å². The van der Waals surface area contributed by atoms with Crippen molar-refractivity contribution in [1.29, 1.82) is 0 Å². The summed E-state index contributed by atoms with van der Waals surface area (Å²) in [5, 5.41) is 2.55. The topological polar surface area (TPSA) is 28.0 Å². The summed E-state index contributed by atoms with van der Waals surface area (Å²) in [5.74, 6) is 0.807. The molecule has 0 amide bonds. The van der Waals surface area contributed by atoms with Crippen molar-refractivity contribution in [2.75, 3.05) is 7.05 Å². The number of hydrogen-bond acceptors (Lipinski definition) is 3. The van der Waals surface area contributed by atoms with Gasteiger partial charge in [0, 0.05) is 12.6 Å². The molecule has 6 rings (SSSR count). The lowest BCUT2D eigenvalue weighted by Gasteiger charge is -2.32. The molecule has 1 atom stereocenters. The molecule has 0 spiro atoms. The predicted octanol–water partition coefficient (Wildman–Crippen LogP) is 8.16. The highest BCUT2D eigenvalue weighted by Crippen LogP contribution is 2.34. The van der Waals surface area contributed by atoms with Crippen molar-refractivity contribution in [3.8, 4) is 22.3 Å². The van der Waals surface area contributed by atoms with Crippen molar-refractivity contribution in [2.24, 2.45) is 9.98 Å². The molecule has 0 aliphatic carbocycles. The molecule has 3 nitrogen and oxygen atoms in total. The van der Waals surface area contributed by atoms with E-state index in [-0.39, 0.29) is 11.5 Å². The van der Waals surface area contributed by atoms with Gasteiger partial charge in [-0.3, -0.25) is 0 Å². The number of fused-ring (bicyclic) bond motifs is 1.